The van der Waals surface area contributed by atoms with Crippen molar-refractivity contribution in [2.45, 2.75) is 76.0 Å². The van der Waals surface area contributed by atoms with Gasteiger partial charge in [-0.3, -0.25) is 19.7 Å². The average molecular weight is 652 g/mol. The molecule has 0 radical (unpaired) electrons. The number of likely N-dealkylation sites (tertiary alicyclic amines) is 3. The molecular formula is C33H42ClN7O5. The van der Waals surface area contributed by atoms with Crippen LogP contribution < -0.4 is 10.6 Å². The lowest BCUT2D eigenvalue weighted by Gasteiger charge is -2.41. The second-order valence-electron chi connectivity index (χ2n) is 12.8. The second-order valence-corrected chi connectivity index (χ2v) is 13.2. The van der Waals surface area contributed by atoms with Crippen LogP contribution in [0.15, 0.2) is 42.5 Å². The van der Waals surface area contributed by atoms with E-state index in [2.05, 4.69) is 15.5 Å². The van der Waals surface area contributed by atoms with Crippen LogP contribution in [0.5, 0.6) is 0 Å². The molecule has 1 atom stereocenters. The summed E-state index contributed by atoms with van der Waals surface area (Å²) in [5.41, 5.74) is 1.79. The van der Waals surface area contributed by atoms with Gasteiger partial charge in [0.25, 0.3) is 5.69 Å². The quantitative estimate of drug-likeness (QED) is 0.306. The number of para-hydroxylation sites is 1. The van der Waals surface area contributed by atoms with Crippen LogP contribution in [0.3, 0.4) is 0 Å². The van der Waals surface area contributed by atoms with Crippen LogP contribution >= 0.6 is 11.6 Å². The number of anilines is 2. The van der Waals surface area contributed by atoms with E-state index in [1.54, 1.807) is 9.80 Å². The van der Waals surface area contributed by atoms with Gasteiger partial charge in [0.1, 0.15) is 11.7 Å². The van der Waals surface area contributed by atoms with Crippen LogP contribution in [-0.4, -0.2) is 99.8 Å². The van der Waals surface area contributed by atoms with Crippen LogP contribution in [0.1, 0.15) is 56.9 Å². The molecule has 4 heterocycles. The fraction of sp³-hybridized carbons (Fsp3) is 0.545. The minimum Gasteiger partial charge on any atom is -0.368 e. The number of hydrogen-bond donors (Lipinski definition) is 2. The summed E-state index contributed by atoms with van der Waals surface area (Å²) >= 11 is 6.20. The summed E-state index contributed by atoms with van der Waals surface area (Å²) in [6.45, 7) is 4.79. The first-order chi connectivity index (χ1) is 22.3. The van der Waals surface area contributed by atoms with Gasteiger partial charge in [0.2, 0.25) is 11.8 Å². The van der Waals surface area contributed by atoms with Gasteiger partial charge in [0, 0.05) is 61.6 Å². The predicted octanol–water partition coefficient (Wildman–Crippen LogP) is 4.93. The van der Waals surface area contributed by atoms with Gasteiger partial charge in [-0.2, -0.15) is 0 Å². The van der Waals surface area contributed by atoms with Gasteiger partial charge in [0.05, 0.1) is 11.3 Å². The Kier molecular flexibility index (Phi) is 9.93. The van der Waals surface area contributed by atoms with Crippen LogP contribution in [0.25, 0.3) is 0 Å². The molecule has 0 spiro atoms. The molecule has 0 bridgehead atoms. The van der Waals surface area contributed by atoms with Gasteiger partial charge in [0.15, 0.2) is 0 Å². The number of rotatable bonds is 8. The number of nitro groups is 1. The Labute approximate surface area is 274 Å². The molecule has 2 aromatic rings. The van der Waals surface area contributed by atoms with E-state index in [-0.39, 0.29) is 41.7 Å². The number of amides is 4. The van der Waals surface area contributed by atoms with E-state index in [1.165, 1.54) is 37.5 Å². The molecule has 2 N–H and O–H groups in total. The Morgan fingerprint density at radius 3 is 2.33 bits per heavy atom. The highest BCUT2D eigenvalue weighted by Crippen LogP contribution is 2.31. The zero-order chi connectivity index (χ0) is 32.2. The number of piperidine rings is 3. The second kappa shape index (κ2) is 14.3. The Balaban J connectivity index is 1.11. The van der Waals surface area contributed by atoms with E-state index in [1.807, 2.05) is 29.2 Å². The van der Waals surface area contributed by atoms with E-state index >= 15 is 0 Å². The van der Waals surface area contributed by atoms with Crippen molar-refractivity contribution in [2.24, 2.45) is 0 Å². The van der Waals surface area contributed by atoms with Crippen molar-refractivity contribution in [3.63, 3.8) is 0 Å². The molecule has 3 saturated heterocycles. The zero-order valence-electron chi connectivity index (χ0n) is 26.0. The standard InChI is InChI=1S/C33H42ClN7O5/c34-24-8-9-30(41(45)46)28(20-24)35-29(32(43)39-18-10-25(11-19-39)37-14-4-1-5-15-37)21-31(42)38-16-12-26(13-17-38)40-22-23-6-2-3-7-27(23)36-33(40)44/h2-3,6-9,20,25-26,29,35H,1,4-5,10-19,21-22H2,(H,36,44). The number of benzene rings is 2. The van der Waals surface area contributed by atoms with Crippen molar-refractivity contribution >= 4 is 46.5 Å². The van der Waals surface area contributed by atoms with Crippen molar-refractivity contribution in [3.05, 3.63) is 63.2 Å². The summed E-state index contributed by atoms with van der Waals surface area (Å²) < 4.78 is 0. The van der Waals surface area contributed by atoms with Gasteiger partial charge < -0.3 is 30.2 Å². The lowest BCUT2D eigenvalue weighted by atomic mass is 9.98. The lowest BCUT2D eigenvalue weighted by molar-refractivity contribution is -0.384. The molecule has 0 aliphatic carbocycles. The fourth-order valence-electron chi connectivity index (χ4n) is 7.37. The van der Waals surface area contributed by atoms with E-state index in [0.29, 0.717) is 56.6 Å². The molecule has 4 amide bonds. The van der Waals surface area contributed by atoms with Crippen molar-refractivity contribution in [1.82, 2.24) is 19.6 Å². The van der Waals surface area contributed by atoms with Gasteiger partial charge in [-0.15, -0.1) is 0 Å². The highest BCUT2D eigenvalue weighted by Gasteiger charge is 2.36. The van der Waals surface area contributed by atoms with E-state index in [9.17, 15) is 24.5 Å². The number of nitro benzene ring substituents is 1. The summed E-state index contributed by atoms with van der Waals surface area (Å²) in [5.74, 6) is -0.441. The Morgan fingerprint density at radius 1 is 0.935 bits per heavy atom. The number of nitrogens with one attached hydrogen (secondary N) is 2. The fourth-order valence-corrected chi connectivity index (χ4v) is 7.55. The SMILES string of the molecule is O=C(CC(Nc1cc(Cl)ccc1[N+](=O)[O-])C(=O)N1CCC(N2CCCCC2)CC1)N1CCC(N2Cc3ccccc3NC2=O)CC1. The number of urea groups is 1. The summed E-state index contributed by atoms with van der Waals surface area (Å²) in [5, 5.41) is 18.1. The number of carbonyl (C=O) groups excluding carboxylic acids is 3. The smallest absolute Gasteiger partial charge is 0.322 e. The summed E-state index contributed by atoms with van der Waals surface area (Å²) in [6, 6.07) is 11.2. The monoisotopic (exact) mass is 651 g/mol. The Morgan fingerprint density at radius 2 is 1.61 bits per heavy atom. The number of fused-ring (bicyclic) bond motifs is 1. The zero-order valence-corrected chi connectivity index (χ0v) is 26.8. The van der Waals surface area contributed by atoms with Crippen LogP contribution in [-0.2, 0) is 16.1 Å². The maximum absolute atomic E-state index is 14.0. The summed E-state index contributed by atoms with van der Waals surface area (Å²) in [6.07, 6.45) is 6.53. The largest absolute Gasteiger partial charge is 0.368 e. The number of carbonyl (C=O) groups is 3. The normalized spacial score (nSPS) is 20.5. The molecule has 0 aromatic heterocycles. The van der Waals surface area contributed by atoms with Crippen LogP contribution in [0.4, 0.5) is 21.9 Å². The minimum atomic E-state index is -0.988. The van der Waals surface area contributed by atoms with E-state index in [0.717, 1.165) is 37.2 Å². The molecule has 4 aliphatic heterocycles. The molecule has 1 unspecified atom stereocenters. The first-order valence-electron chi connectivity index (χ1n) is 16.4. The van der Waals surface area contributed by atoms with Gasteiger partial charge in [-0.05, 0) is 75.4 Å². The number of nitrogens with zero attached hydrogens (tertiary/aromatic N) is 5. The Bertz CT molecular complexity index is 1450. The molecule has 0 saturated carbocycles. The molecule has 46 heavy (non-hydrogen) atoms. The molecule has 2 aromatic carbocycles. The first-order valence-corrected chi connectivity index (χ1v) is 16.8. The minimum absolute atomic E-state index is 0.0109. The van der Waals surface area contributed by atoms with Gasteiger partial charge >= 0.3 is 6.03 Å². The molecule has 13 heteroatoms. The van der Waals surface area contributed by atoms with Gasteiger partial charge in [-0.1, -0.05) is 36.2 Å². The summed E-state index contributed by atoms with van der Waals surface area (Å²) in [7, 11) is 0. The van der Waals surface area contributed by atoms with Crippen LogP contribution in [0, 0.1) is 10.1 Å². The Hall–Kier alpha value is -3.90. The highest BCUT2D eigenvalue weighted by molar-refractivity contribution is 6.31. The molecule has 12 nitrogen and oxygen atoms in total. The molecular weight excluding hydrogens is 610 g/mol. The van der Waals surface area contributed by atoms with E-state index in [4.69, 9.17) is 11.6 Å². The molecule has 4 aliphatic rings. The number of hydrogen-bond acceptors (Lipinski definition) is 7. The van der Waals surface area contributed by atoms with Crippen molar-refractivity contribution in [3.8, 4) is 0 Å². The molecule has 3 fully saturated rings. The third-order valence-corrected chi connectivity index (χ3v) is 10.2. The highest BCUT2D eigenvalue weighted by atomic mass is 35.5. The molecule has 246 valence electrons. The lowest BCUT2D eigenvalue weighted by Crippen LogP contribution is -2.53. The van der Waals surface area contributed by atoms with Crippen molar-refractivity contribution in [1.29, 1.82) is 0 Å². The number of halogens is 1. The third-order valence-electron chi connectivity index (χ3n) is 9.96. The topological polar surface area (TPSA) is 131 Å². The molecule has 6 rings (SSSR count). The van der Waals surface area contributed by atoms with Gasteiger partial charge in [-0.25, -0.2) is 4.79 Å². The first kappa shape index (κ1) is 32.1. The van der Waals surface area contributed by atoms with Crippen molar-refractivity contribution in [2.75, 3.05) is 49.9 Å². The van der Waals surface area contributed by atoms with Crippen molar-refractivity contribution < 1.29 is 19.3 Å². The maximum Gasteiger partial charge on any atom is 0.322 e. The predicted molar refractivity (Wildman–Crippen MR) is 176 cm³/mol. The van der Waals surface area contributed by atoms with Crippen LogP contribution in [0.2, 0.25) is 5.02 Å². The maximum atomic E-state index is 14.0. The average Bonchev–Trinajstić information content (AvgIpc) is 3.08. The third kappa shape index (κ3) is 7.23. The van der Waals surface area contributed by atoms with E-state index < -0.39 is 11.0 Å². The summed E-state index contributed by atoms with van der Waals surface area (Å²) in [4.78, 5) is 59.7.